The highest BCUT2D eigenvalue weighted by Gasteiger charge is 2.30. The monoisotopic (exact) mass is 334 g/mol. The molecule has 1 amide bonds. The van der Waals surface area contributed by atoms with Crippen LogP contribution in [0.5, 0.6) is 5.75 Å². The van der Waals surface area contributed by atoms with Gasteiger partial charge in [0.1, 0.15) is 5.75 Å². The molecule has 1 fully saturated rings. The van der Waals surface area contributed by atoms with Gasteiger partial charge in [0.25, 0.3) is 0 Å². The number of carboxylic acids is 1. The van der Waals surface area contributed by atoms with Gasteiger partial charge in [0.05, 0.1) is 25.1 Å². The molecule has 1 heterocycles. The van der Waals surface area contributed by atoms with Crippen LogP contribution in [0, 0.1) is 5.92 Å². The maximum Gasteiger partial charge on any atom is 0.306 e. The summed E-state index contributed by atoms with van der Waals surface area (Å²) in [5.41, 5.74) is 0.935. The van der Waals surface area contributed by atoms with Crippen LogP contribution in [0.15, 0.2) is 24.3 Å². The van der Waals surface area contributed by atoms with Crippen LogP contribution in [0.2, 0.25) is 0 Å². The van der Waals surface area contributed by atoms with E-state index in [1.165, 1.54) is 0 Å². The number of benzene rings is 1. The molecule has 2 atom stereocenters. The number of amides is 1. The number of likely N-dealkylation sites (tertiary alicyclic amines) is 1. The molecule has 0 spiro atoms. The second-order valence-corrected chi connectivity index (χ2v) is 6.30. The number of carbonyl (C=O) groups is 2. The molecule has 0 radical (unpaired) electrons. The predicted octanol–water partition coefficient (Wildman–Crippen LogP) is 2.06. The minimum absolute atomic E-state index is 0.0535. The molecule has 6 heteroatoms. The summed E-state index contributed by atoms with van der Waals surface area (Å²) in [7, 11) is 1.61. The Morgan fingerprint density at radius 3 is 2.46 bits per heavy atom. The molecule has 24 heavy (non-hydrogen) atoms. The van der Waals surface area contributed by atoms with E-state index >= 15 is 0 Å². The summed E-state index contributed by atoms with van der Waals surface area (Å²) < 4.78 is 5.34. The zero-order valence-electron chi connectivity index (χ0n) is 14.5. The number of methoxy groups -OCH3 is 1. The fraction of sp³-hybridized carbons (Fsp3) is 0.556. The smallest absolute Gasteiger partial charge is 0.306 e. The fourth-order valence-corrected chi connectivity index (χ4v) is 3.14. The van der Waals surface area contributed by atoms with Crippen molar-refractivity contribution in [2.75, 3.05) is 20.2 Å². The number of rotatable bonds is 6. The molecule has 2 unspecified atom stereocenters. The third kappa shape index (κ3) is 4.26. The summed E-state index contributed by atoms with van der Waals surface area (Å²) in [5, 5.41) is 12.1. The molecule has 1 aromatic carbocycles. The first-order valence-electron chi connectivity index (χ1n) is 8.34. The third-order valence-corrected chi connectivity index (χ3v) is 4.77. The number of piperidine rings is 1. The summed E-state index contributed by atoms with van der Waals surface area (Å²) in [5.74, 6) is -0.331. The number of ether oxygens (including phenoxy) is 1. The van der Waals surface area contributed by atoms with Crippen molar-refractivity contribution in [3.05, 3.63) is 29.8 Å². The van der Waals surface area contributed by atoms with E-state index in [9.17, 15) is 9.59 Å². The normalized spacial score (nSPS) is 18.6. The van der Waals surface area contributed by atoms with Crippen molar-refractivity contribution in [1.82, 2.24) is 10.2 Å². The Hall–Kier alpha value is -2.08. The van der Waals surface area contributed by atoms with Crippen LogP contribution in [0.25, 0.3) is 0 Å². The maximum atomic E-state index is 12.5. The third-order valence-electron chi connectivity index (χ3n) is 4.77. The molecule has 2 rings (SSSR count). The standard InChI is InChI=1S/C18H26N2O4/c1-12(15-6-4-5-7-16(15)24-3)19-17(21)13(2)20-10-8-14(9-11-20)18(22)23/h4-7,12-14H,8-11H2,1-3H3,(H,19,21)(H,22,23). The lowest BCUT2D eigenvalue weighted by Crippen LogP contribution is -2.49. The number of nitrogens with one attached hydrogen (secondary N) is 1. The molecule has 1 aliphatic heterocycles. The number of para-hydroxylation sites is 1. The van der Waals surface area contributed by atoms with Crippen molar-refractivity contribution in [3.8, 4) is 5.75 Å². The molecular formula is C18H26N2O4. The highest BCUT2D eigenvalue weighted by atomic mass is 16.5. The van der Waals surface area contributed by atoms with Crippen molar-refractivity contribution in [3.63, 3.8) is 0 Å². The van der Waals surface area contributed by atoms with E-state index in [2.05, 4.69) is 5.32 Å². The SMILES string of the molecule is COc1ccccc1C(C)NC(=O)C(C)N1CCC(C(=O)O)CC1. The number of carboxylic acid groups (broad SMARTS) is 1. The van der Waals surface area contributed by atoms with Crippen LogP contribution < -0.4 is 10.1 Å². The number of nitrogens with zero attached hydrogens (tertiary/aromatic N) is 1. The number of carbonyl (C=O) groups excluding carboxylic acids is 1. The van der Waals surface area contributed by atoms with Crippen LogP contribution in [-0.2, 0) is 9.59 Å². The molecule has 0 aliphatic carbocycles. The Morgan fingerprint density at radius 2 is 1.88 bits per heavy atom. The van der Waals surface area contributed by atoms with Crippen molar-refractivity contribution >= 4 is 11.9 Å². The molecule has 6 nitrogen and oxygen atoms in total. The van der Waals surface area contributed by atoms with E-state index < -0.39 is 5.97 Å². The van der Waals surface area contributed by atoms with Crippen molar-refractivity contribution < 1.29 is 19.4 Å². The van der Waals surface area contributed by atoms with Gasteiger partial charge in [-0.05, 0) is 45.8 Å². The molecule has 0 saturated carbocycles. The lowest BCUT2D eigenvalue weighted by Gasteiger charge is -2.34. The van der Waals surface area contributed by atoms with Crippen LogP contribution in [0.1, 0.15) is 38.3 Å². The van der Waals surface area contributed by atoms with Crippen LogP contribution in [0.3, 0.4) is 0 Å². The Bertz CT molecular complexity index is 582. The first-order chi connectivity index (χ1) is 11.4. The molecule has 0 aromatic heterocycles. The van der Waals surface area contributed by atoms with Gasteiger partial charge in [-0.25, -0.2) is 0 Å². The van der Waals surface area contributed by atoms with Gasteiger partial charge in [0.2, 0.25) is 5.91 Å². The van der Waals surface area contributed by atoms with Gasteiger partial charge in [-0.15, -0.1) is 0 Å². The zero-order valence-corrected chi connectivity index (χ0v) is 14.5. The topological polar surface area (TPSA) is 78.9 Å². The fourth-order valence-electron chi connectivity index (χ4n) is 3.14. The van der Waals surface area contributed by atoms with Crippen LogP contribution >= 0.6 is 0 Å². The van der Waals surface area contributed by atoms with E-state index in [1.807, 2.05) is 43.0 Å². The van der Waals surface area contributed by atoms with Gasteiger partial charge in [0.15, 0.2) is 0 Å². The van der Waals surface area contributed by atoms with Crippen molar-refractivity contribution in [2.24, 2.45) is 5.92 Å². The second kappa shape index (κ2) is 8.15. The summed E-state index contributed by atoms with van der Waals surface area (Å²) in [6, 6.07) is 7.18. The largest absolute Gasteiger partial charge is 0.496 e. The molecule has 1 aromatic rings. The Balaban J connectivity index is 1.93. The lowest BCUT2D eigenvalue weighted by molar-refractivity contribution is -0.143. The first-order valence-corrected chi connectivity index (χ1v) is 8.34. The first kappa shape index (κ1) is 18.3. The summed E-state index contributed by atoms with van der Waals surface area (Å²) in [4.78, 5) is 25.6. The van der Waals surface area contributed by atoms with Gasteiger partial charge in [-0.3, -0.25) is 14.5 Å². The van der Waals surface area contributed by atoms with E-state index in [-0.39, 0.29) is 23.9 Å². The molecule has 132 valence electrons. The Kier molecular flexibility index (Phi) is 6.20. The predicted molar refractivity (Wildman–Crippen MR) is 90.9 cm³/mol. The van der Waals surface area contributed by atoms with Crippen molar-refractivity contribution in [1.29, 1.82) is 0 Å². The minimum atomic E-state index is -0.739. The van der Waals surface area contributed by atoms with E-state index in [1.54, 1.807) is 7.11 Å². The van der Waals surface area contributed by atoms with E-state index in [0.29, 0.717) is 25.9 Å². The molecule has 1 saturated heterocycles. The summed E-state index contributed by atoms with van der Waals surface area (Å²) in [6.07, 6.45) is 1.18. The van der Waals surface area contributed by atoms with Gasteiger partial charge in [0, 0.05) is 5.56 Å². The number of hydrogen-bond donors (Lipinski definition) is 2. The molecule has 1 aliphatic rings. The average Bonchev–Trinajstić information content (AvgIpc) is 2.60. The highest BCUT2D eigenvalue weighted by molar-refractivity contribution is 5.82. The van der Waals surface area contributed by atoms with E-state index in [0.717, 1.165) is 11.3 Å². The van der Waals surface area contributed by atoms with Gasteiger partial charge in [-0.2, -0.15) is 0 Å². The van der Waals surface area contributed by atoms with Gasteiger partial charge in [-0.1, -0.05) is 18.2 Å². The Labute approximate surface area is 142 Å². The number of hydrogen-bond acceptors (Lipinski definition) is 4. The lowest BCUT2D eigenvalue weighted by atomic mass is 9.96. The quantitative estimate of drug-likeness (QED) is 0.832. The summed E-state index contributed by atoms with van der Waals surface area (Å²) >= 11 is 0. The number of aliphatic carboxylic acids is 1. The molecular weight excluding hydrogens is 308 g/mol. The second-order valence-electron chi connectivity index (χ2n) is 6.30. The summed E-state index contributed by atoms with van der Waals surface area (Å²) in [6.45, 7) is 5.06. The zero-order chi connectivity index (χ0) is 17.7. The van der Waals surface area contributed by atoms with Gasteiger partial charge < -0.3 is 15.2 Å². The highest BCUT2D eigenvalue weighted by Crippen LogP contribution is 2.25. The van der Waals surface area contributed by atoms with Crippen LogP contribution in [0.4, 0.5) is 0 Å². The molecule has 2 N–H and O–H groups in total. The van der Waals surface area contributed by atoms with E-state index in [4.69, 9.17) is 9.84 Å². The minimum Gasteiger partial charge on any atom is -0.496 e. The molecule has 0 bridgehead atoms. The Morgan fingerprint density at radius 1 is 1.25 bits per heavy atom. The van der Waals surface area contributed by atoms with Gasteiger partial charge >= 0.3 is 5.97 Å². The average molecular weight is 334 g/mol. The van der Waals surface area contributed by atoms with Crippen LogP contribution in [-0.4, -0.2) is 48.1 Å². The maximum absolute atomic E-state index is 12.5. The van der Waals surface area contributed by atoms with Crippen molar-refractivity contribution in [2.45, 2.75) is 38.8 Å².